The molecule has 1 amide bonds. The summed E-state index contributed by atoms with van der Waals surface area (Å²) in [5, 5.41) is 5.93. The van der Waals surface area contributed by atoms with Gasteiger partial charge < -0.3 is 5.32 Å². The van der Waals surface area contributed by atoms with Gasteiger partial charge in [0.05, 0.1) is 22.3 Å². The maximum Gasteiger partial charge on any atom is 0.229 e. The standard InChI is InChI=1S/C19H14N2OS2/c22-18(12-13-6-5-11-23-13)20-15-8-2-1-7-14(15)19-21-16-9-3-4-10-17(16)24-19/h1-11H,12H2,(H,20,22). The van der Waals surface area contributed by atoms with Crippen molar-refractivity contribution in [2.24, 2.45) is 0 Å². The highest BCUT2D eigenvalue weighted by molar-refractivity contribution is 7.21. The van der Waals surface area contributed by atoms with Gasteiger partial charge in [-0.1, -0.05) is 30.3 Å². The molecule has 0 saturated heterocycles. The zero-order valence-electron chi connectivity index (χ0n) is 12.7. The van der Waals surface area contributed by atoms with Gasteiger partial charge >= 0.3 is 0 Å². The normalized spacial score (nSPS) is 10.8. The number of rotatable bonds is 4. The summed E-state index contributed by atoms with van der Waals surface area (Å²) in [7, 11) is 0. The number of aromatic nitrogens is 1. The van der Waals surface area contributed by atoms with Crippen molar-refractivity contribution in [2.75, 3.05) is 5.32 Å². The Hall–Kier alpha value is -2.50. The average Bonchev–Trinajstić information content (AvgIpc) is 3.24. The van der Waals surface area contributed by atoms with Crippen LogP contribution in [0, 0.1) is 0 Å². The van der Waals surface area contributed by atoms with Gasteiger partial charge in [0.15, 0.2) is 0 Å². The molecule has 3 nitrogen and oxygen atoms in total. The van der Waals surface area contributed by atoms with E-state index in [-0.39, 0.29) is 5.91 Å². The lowest BCUT2D eigenvalue weighted by Gasteiger charge is -2.08. The fraction of sp³-hybridized carbons (Fsp3) is 0.0526. The topological polar surface area (TPSA) is 42.0 Å². The minimum atomic E-state index is -0.00832. The van der Waals surface area contributed by atoms with Gasteiger partial charge in [-0.05, 0) is 35.7 Å². The van der Waals surface area contributed by atoms with Gasteiger partial charge in [-0.2, -0.15) is 0 Å². The van der Waals surface area contributed by atoms with Crippen LogP contribution in [0.4, 0.5) is 5.69 Å². The molecule has 0 spiro atoms. The summed E-state index contributed by atoms with van der Waals surface area (Å²) < 4.78 is 1.15. The van der Waals surface area contributed by atoms with Crippen LogP contribution < -0.4 is 5.32 Å². The van der Waals surface area contributed by atoms with E-state index >= 15 is 0 Å². The molecule has 24 heavy (non-hydrogen) atoms. The molecule has 0 fully saturated rings. The lowest BCUT2D eigenvalue weighted by molar-refractivity contribution is -0.115. The van der Waals surface area contributed by atoms with Gasteiger partial charge in [-0.3, -0.25) is 4.79 Å². The molecule has 118 valence electrons. The van der Waals surface area contributed by atoms with Crippen LogP contribution in [0.25, 0.3) is 20.8 Å². The predicted molar refractivity (Wildman–Crippen MR) is 102 cm³/mol. The molecule has 0 aliphatic rings. The SMILES string of the molecule is O=C(Cc1cccs1)Nc1ccccc1-c1nc2ccccc2s1. The molecule has 0 bridgehead atoms. The number of amides is 1. The number of carbonyl (C=O) groups is 1. The van der Waals surface area contributed by atoms with Crippen LogP contribution in [0.2, 0.25) is 0 Å². The molecule has 0 atom stereocenters. The smallest absolute Gasteiger partial charge is 0.229 e. The van der Waals surface area contributed by atoms with Gasteiger partial charge in [0.2, 0.25) is 5.91 Å². The highest BCUT2D eigenvalue weighted by Gasteiger charge is 2.12. The van der Waals surface area contributed by atoms with E-state index in [9.17, 15) is 4.79 Å². The van der Waals surface area contributed by atoms with E-state index in [1.807, 2.05) is 60.0 Å². The van der Waals surface area contributed by atoms with E-state index in [4.69, 9.17) is 4.98 Å². The Morgan fingerprint density at radius 2 is 1.83 bits per heavy atom. The van der Waals surface area contributed by atoms with Crippen molar-refractivity contribution in [2.45, 2.75) is 6.42 Å². The average molecular weight is 350 g/mol. The Kier molecular flexibility index (Phi) is 4.11. The Bertz CT molecular complexity index is 956. The first-order chi connectivity index (χ1) is 11.8. The van der Waals surface area contributed by atoms with Crippen LogP contribution in [0.15, 0.2) is 66.0 Å². The van der Waals surface area contributed by atoms with Crippen LogP contribution in [0.5, 0.6) is 0 Å². The van der Waals surface area contributed by atoms with E-state index in [1.165, 1.54) is 0 Å². The fourth-order valence-electron chi connectivity index (χ4n) is 2.53. The minimum Gasteiger partial charge on any atom is -0.325 e. The highest BCUT2D eigenvalue weighted by atomic mass is 32.1. The van der Waals surface area contributed by atoms with E-state index < -0.39 is 0 Å². The predicted octanol–water partition coefficient (Wildman–Crippen LogP) is 5.21. The van der Waals surface area contributed by atoms with Crippen molar-refractivity contribution in [3.63, 3.8) is 0 Å². The molecule has 5 heteroatoms. The fourth-order valence-corrected chi connectivity index (χ4v) is 4.24. The second-order valence-corrected chi connectivity index (χ2v) is 7.40. The zero-order valence-corrected chi connectivity index (χ0v) is 14.4. The van der Waals surface area contributed by atoms with Crippen molar-refractivity contribution in [1.29, 1.82) is 0 Å². The van der Waals surface area contributed by atoms with E-state index in [0.29, 0.717) is 6.42 Å². The molecule has 0 radical (unpaired) electrons. The van der Waals surface area contributed by atoms with Gasteiger partial charge in [0.1, 0.15) is 5.01 Å². The molecule has 0 aliphatic carbocycles. The molecular formula is C19H14N2OS2. The summed E-state index contributed by atoms with van der Waals surface area (Å²) in [5.74, 6) is -0.00832. The van der Waals surface area contributed by atoms with E-state index in [2.05, 4.69) is 11.4 Å². The second kappa shape index (κ2) is 6.55. The first kappa shape index (κ1) is 15.1. The van der Waals surface area contributed by atoms with Crippen LogP contribution in [0.3, 0.4) is 0 Å². The summed E-state index contributed by atoms with van der Waals surface area (Å²) in [6, 6.07) is 19.8. The summed E-state index contributed by atoms with van der Waals surface area (Å²) in [6.07, 6.45) is 0.395. The molecule has 4 aromatic rings. The number of hydrogen-bond donors (Lipinski definition) is 1. The number of thiazole rings is 1. The monoisotopic (exact) mass is 350 g/mol. The van der Waals surface area contributed by atoms with Gasteiger partial charge in [-0.15, -0.1) is 22.7 Å². The Balaban J connectivity index is 1.63. The summed E-state index contributed by atoms with van der Waals surface area (Å²) in [5.41, 5.74) is 2.74. The molecule has 1 N–H and O–H groups in total. The third-order valence-corrected chi connectivity index (χ3v) is 5.59. The lowest BCUT2D eigenvalue weighted by atomic mass is 10.2. The number of para-hydroxylation sites is 2. The summed E-state index contributed by atoms with van der Waals surface area (Å²) in [6.45, 7) is 0. The molecule has 0 aliphatic heterocycles. The number of carbonyl (C=O) groups excluding carboxylic acids is 1. The second-order valence-electron chi connectivity index (χ2n) is 5.34. The number of hydrogen-bond acceptors (Lipinski definition) is 4. The van der Waals surface area contributed by atoms with Crippen LogP contribution >= 0.6 is 22.7 Å². The van der Waals surface area contributed by atoms with Crippen LogP contribution in [-0.2, 0) is 11.2 Å². The first-order valence-corrected chi connectivity index (χ1v) is 9.26. The largest absolute Gasteiger partial charge is 0.325 e. The lowest BCUT2D eigenvalue weighted by Crippen LogP contribution is -2.14. The molecule has 2 aromatic carbocycles. The first-order valence-electron chi connectivity index (χ1n) is 7.57. The van der Waals surface area contributed by atoms with Crippen molar-refractivity contribution in [3.05, 3.63) is 70.9 Å². The number of benzene rings is 2. The van der Waals surface area contributed by atoms with Crippen molar-refractivity contribution in [1.82, 2.24) is 4.98 Å². The third kappa shape index (κ3) is 3.09. The van der Waals surface area contributed by atoms with Crippen molar-refractivity contribution >= 4 is 44.5 Å². The van der Waals surface area contributed by atoms with Crippen molar-refractivity contribution < 1.29 is 4.79 Å². The minimum absolute atomic E-state index is 0.00832. The number of fused-ring (bicyclic) bond motifs is 1. The summed E-state index contributed by atoms with van der Waals surface area (Å²) >= 11 is 3.23. The van der Waals surface area contributed by atoms with Crippen LogP contribution in [-0.4, -0.2) is 10.9 Å². The van der Waals surface area contributed by atoms with Gasteiger partial charge in [0, 0.05) is 10.4 Å². The number of nitrogens with one attached hydrogen (secondary N) is 1. The van der Waals surface area contributed by atoms with E-state index in [1.54, 1.807) is 22.7 Å². The molecule has 2 aromatic heterocycles. The Morgan fingerprint density at radius 3 is 2.67 bits per heavy atom. The molecule has 4 rings (SSSR count). The third-order valence-electron chi connectivity index (χ3n) is 3.64. The molecule has 0 unspecified atom stereocenters. The number of thiophene rings is 1. The number of anilines is 1. The molecule has 0 saturated carbocycles. The van der Waals surface area contributed by atoms with Gasteiger partial charge in [-0.25, -0.2) is 4.98 Å². The van der Waals surface area contributed by atoms with E-state index in [0.717, 1.165) is 31.4 Å². The highest BCUT2D eigenvalue weighted by Crippen LogP contribution is 2.34. The number of nitrogens with zero attached hydrogens (tertiary/aromatic N) is 1. The zero-order chi connectivity index (χ0) is 16.4. The quantitative estimate of drug-likeness (QED) is 0.549. The Labute approximate surface area is 147 Å². The van der Waals surface area contributed by atoms with Crippen LogP contribution in [0.1, 0.15) is 4.88 Å². The summed E-state index contributed by atoms with van der Waals surface area (Å²) in [4.78, 5) is 18.1. The maximum atomic E-state index is 12.3. The van der Waals surface area contributed by atoms with Crippen molar-refractivity contribution in [3.8, 4) is 10.6 Å². The molecular weight excluding hydrogens is 336 g/mol. The molecule has 2 heterocycles. The Morgan fingerprint density at radius 1 is 1.00 bits per heavy atom. The maximum absolute atomic E-state index is 12.3. The van der Waals surface area contributed by atoms with Gasteiger partial charge in [0.25, 0.3) is 0 Å².